The van der Waals surface area contributed by atoms with E-state index in [1.807, 2.05) is 36.7 Å². The summed E-state index contributed by atoms with van der Waals surface area (Å²) in [6, 6.07) is 12.1. The van der Waals surface area contributed by atoms with Crippen molar-refractivity contribution in [3.05, 3.63) is 65.0 Å². The molecule has 186 valence electrons. The Hall–Kier alpha value is -3.28. The van der Waals surface area contributed by atoms with Gasteiger partial charge in [0.25, 0.3) is 0 Å². The molecular formula is C29H37N3O3. The topological polar surface area (TPSA) is 71.1 Å². The average Bonchev–Trinajstić information content (AvgIpc) is 3.46. The van der Waals surface area contributed by atoms with Crippen LogP contribution in [0, 0.1) is 0 Å². The number of rotatable bonds is 7. The SMILES string of the molecule is CC(C)(C)c1cc(-c2nc(CCOc3ccccc3CN3C=NCC3)co2)cc(C(C)(C)C)c1O. The van der Waals surface area contributed by atoms with Gasteiger partial charge in [-0.3, -0.25) is 4.99 Å². The zero-order valence-corrected chi connectivity index (χ0v) is 21.8. The second-order valence-electron chi connectivity index (χ2n) is 11.3. The fraction of sp³-hybridized carbons (Fsp3) is 0.448. The Labute approximate surface area is 208 Å². The van der Waals surface area contributed by atoms with Crippen LogP contribution < -0.4 is 4.74 Å². The Morgan fingerprint density at radius 1 is 1.03 bits per heavy atom. The van der Waals surface area contributed by atoms with Gasteiger partial charge >= 0.3 is 0 Å². The van der Waals surface area contributed by atoms with Crippen molar-refractivity contribution in [3.63, 3.8) is 0 Å². The highest BCUT2D eigenvalue weighted by Crippen LogP contribution is 2.41. The van der Waals surface area contributed by atoms with Crippen molar-refractivity contribution in [1.29, 1.82) is 0 Å². The highest BCUT2D eigenvalue weighted by molar-refractivity contribution is 5.63. The smallest absolute Gasteiger partial charge is 0.226 e. The number of oxazole rings is 1. The Morgan fingerprint density at radius 3 is 2.34 bits per heavy atom. The van der Waals surface area contributed by atoms with Gasteiger partial charge in [-0.1, -0.05) is 59.7 Å². The van der Waals surface area contributed by atoms with E-state index in [1.165, 1.54) is 0 Å². The number of benzene rings is 2. The highest BCUT2D eigenvalue weighted by Gasteiger charge is 2.27. The summed E-state index contributed by atoms with van der Waals surface area (Å²) >= 11 is 0. The average molecular weight is 476 g/mol. The monoisotopic (exact) mass is 475 g/mol. The van der Waals surface area contributed by atoms with Crippen molar-refractivity contribution in [1.82, 2.24) is 9.88 Å². The normalized spacial score (nSPS) is 14.1. The molecule has 0 spiro atoms. The summed E-state index contributed by atoms with van der Waals surface area (Å²) < 4.78 is 12.0. The molecule has 35 heavy (non-hydrogen) atoms. The van der Waals surface area contributed by atoms with Crippen LogP contribution in [-0.4, -0.2) is 41.0 Å². The molecule has 0 bridgehead atoms. The van der Waals surface area contributed by atoms with Crippen LogP contribution in [0.3, 0.4) is 0 Å². The van der Waals surface area contributed by atoms with E-state index < -0.39 is 0 Å². The van der Waals surface area contributed by atoms with Gasteiger partial charge in [-0.05, 0) is 29.0 Å². The van der Waals surface area contributed by atoms with E-state index in [9.17, 15) is 5.11 Å². The minimum absolute atomic E-state index is 0.211. The lowest BCUT2D eigenvalue weighted by Gasteiger charge is -2.27. The number of hydrogen-bond donors (Lipinski definition) is 1. The van der Waals surface area contributed by atoms with Crippen molar-refractivity contribution >= 4 is 6.34 Å². The number of aromatic nitrogens is 1. The molecule has 6 nitrogen and oxygen atoms in total. The molecule has 2 aromatic carbocycles. The van der Waals surface area contributed by atoms with Gasteiger partial charge in [-0.25, -0.2) is 4.98 Å². The van der Waals surface area contributed by atoms with Crippen molar-refractivity contribution in [3.8, 4) is 23.0 Å². The molecule has 0 unspecified atom stereocenters. The molecule has 4 rings (SSSR count). The number of phenols is 1. The second kappa shape index (κ2) is 9.76. The summed E-state index contributed by atoms with van der Waals surface area (Å²) in [4.78, 5) is 11.2. The summed E-state index contributed by atoms with van der Waals surface area (Å²) in [5, 5.41) is 11.0. The van der Waals surface area contributed by atoms with Crippen LogP contribution in [0.25, 0.3) is 11.5 Å². The van der Waals surface area contributed by atoms with E-state index in [0.717, 1.165) is 53.3 Å². The number of aliphatic imine (C=N–C) groups is 1. The van der Waals surface area contributed by atoms with Gasteiger partial charge in [0.15, 0.2) is 0 Å². The van der Waals surface area contributed by atoms with Crippen LogP contribution in [0.4, 0.5) is 0 Å². The first kappa shape index (κ1) is 24.8. The van der Waals surface area contributed by atoms with Crippen LogP contribution in [0.1, 0.15) is 63.9 Å². The quantitative estimate of drug-likeness (QED) is 0.447. The molecule has 0 aliphatic carbocycles. The van der Waals surface area contributed by atoms with Crippen LogP contribution in [0.15, 0.2) is 52.1 Å². The standard InChI is InChI=1S/C29H37N3O3/c1-28(2,3)23-15-21(16-24(26(23)33)29(4,5)6)27-31-22(18-35-27)11-14-34-25-10-8-7-9-20(25)17-32-13-12-30-19-32/h7-10,15-16,18-19,33H,11-14,17H2,1-6H3. The molecule has 6 heteroatoms. The Balaban J connectivity index is 1.48. The first-order valence-corrected chi connectivity index (χ1v) is 12.3. The number of hydrogen-bond acceptors (Lipinski definition) is 6. The Bertz CT molecular complexity index is 1160. The fourth-order valence-electron chi connectivity index (χ4n) is 4.25. The number of aromatic hydroxyl groups is 1. The Morgan fingerprint density at radius 2 is 1.71 bits per heavy atom. The van der Waals surface area contributed by atoms with E-state index in [4.69, 9.17) is 14.1 Å². The van der Waals surface area contributed by atoms with Gasteiger partial charge in [0.1, 0.15) is 17.8 Å². The predicted octanol–water partition coefficient (Wildman–Crippen LogP) is 6.11. The van der Waals surface area contributed by atoms with E-state index in [1.54, 1.807) is 6.26 Å². The molecular weight excluding hydrogens is 438 g/mol. The Kier molecular flexibility index (Phi) is 6.93. The molecule has 0 radical (unpaired) electrons. The van der Waals surface area contributed by atoms with Gasteiger partial charge in [-0.15, -0.1) is 0 Å². The molecule has 0 fully saturated rings. The molecule has 1 aromatic heterocycles. The molecule has 3 aromatic rings. The first-order valence-electron chi connectivity index (χ1n) is 12.3. The molecule has 1 aliphatic heterocycles. The van der Waals surface area contributed by atoms with Gasteiger partial charge in [0.2, 0.25) is 5.89 Å². The first-order chi connectivity index (χ1) is 16.5. The summed E-state index contributed by atoms with van der Waals surface area (Å²) in [7, 11) is 0. The van der Waals surface area contributed by atoms with Crippen molar-refractivity contribution < 1.29 is 14.3 Å². The van der Waals surface area contributed by atoms with Crippen LogP contribution in [0.5, 0.6) is 11.5 Å². The molecule has 1 aliphatic rings. The molecule has 0 saturated heterocycles. The van der Waals surface area contributed by atoms with E-state index in [0.29, 0.717) is 24.7 Å². The summed E-state index contributed by atoms with van der Waals surface area (Å²) in [6.45, 7) is 15.7. The lowest BCUT2D eigenvalue weighted by atomic mass is 9.78. The van der Waals surface area contributed by atoms with Crippen LogP contribution in [0.2, 0.25) is 0 Å². The van der Waals surface area contributed by atoms with Gasteiger partial charge in [0, 0.05) is 41.8 Å². The molecule has 0 saturated carbocycles. The maximum atomic E-state index is 11.0. The largest absolute Gasteiger partial charge is 0.507 e. The van der Waals surface area contributed by atoms with E-state index in [-0.39, 0.29) is 10.8 Å². The molecule has 2 heterocycles. The van der Waals surface area contributed by atoms with E-state index >= 15 is 0 Å². The van der Waals surface area contributed by atoms with Gasteiger partial charge < -0.3 is 19.2 Å². The zero-order valence-electron chi connectivity index (χ0n) is 21.8. The van der Waals surface area contributed by atoms with E-state index in [2.05, 4.69) is 57.5 Å². The molecule has 0 amide bonds. The third kappa shape index (κ3) is 5.87. The number of phenolic OH excluding ortho intramolecular Hbond substituents is 1. The number of nitrogens with zero attached hydrogens (tertiary/aromatic N) is 3. The lowest BCUT2D eigenvalue weighted by Crippen LogP contribution is -2.19. The molecule has 1 N–H and O–H groups in total. The van der Waals surface area contributed by atoms with Gasteiger partial charge in [0.05, 0.1) is 25.2 Å². The summed E-state index contributed by atoms with van der Waals surface area (Å²) in [5.74, 6) is 1.80. The van der Waals surface area contributed by atoms with Crippen molar-refractivity contribution in [2.45, 2.75) is 65.3 Å². The third-order valence-electron chi connectivity index (χ3n) is 6.25. The highest BCUT2D eigenvalue weighted by atomic mass is 16.5. The third-order valence-corrected chi connectivity index (χ3v) is 6.25. The number of para-hydroxylation sites is 1. The summed E-state index contributed by atoms with van der Waals surface area (Å²) in [5.41, 5.74) is 4.23. The predicted molar refractivity (Wildman–Crippen MR) is 140 cm³/mol. The molecule has 0 atom stereocenters. The zero-order chi connectivity index (χ0) is 25.2. The fourth-order valence-corrected chi connectivity index (χ4v) is 4.25. The maximum absolute atomic E-state index is 11.0. The van der Waals surface area contributed by atoms with Crippen molar-refractivity contribution in [2.24, 2.45) is 4.99 Å². The van der Waals surface area contributed by atoms with Gasteiger partial charge in [-0.2, -0.15) is 0 Å². The minimum Gasteiger partial charge on any atom is -0.507 e. The maximum Gasteiger partial charge on any atom is 0.226 e. The lowest BCUT2D eigenvalue weighted by molar-refractivity contribution is 0.312. The summed E-state index contributed by atoms with van der Waals surface area (Å²) in [6.07, 6.45) is 4.25. The van der Waals surface area contributed by atoms with Crippen LogP contribution >= 0.6 is 0 Å². The number of ether oxygens (including phenoxy) is 1. The second-order valence-corrected chi connectivity index (χ2v) is 11.3. The minimum atomic E-state index is -0.211. The van der Waals surface area contributed by atoms with Crippen molar-refractivity contribution in [2.75, 3.05) is 19.7 Å². The van der Waals surface area contributed by atoms with Crippen LogP contribution in [-0.2, 0) is 23.8 Å².